The molecule has 19 heavy (non-hydrogen) atoms. The second-order valence-electron chi connectivity index (χ2n) is 5.66. The second kappa shape index (κ2) is 6.26. The molecule has 4 nitrogen and oxygen atoms in total. The van der Waals surface area contributed by atoms with Gasteiger partial charge >= 0.3 is 0 Å². The summed E-state index contributed by atoms with van der Waals surface area (Å²) in [5.74, 6) is 1.51. The van der Waals surface area contributed by atoms with E-state index in [1.165, 1.54) is 0 Å². The van der Waals surface area contributed by atoms with Crippen LogP contribution in [0.2, 0.25) is 0 Å². The number of hydrogen-bond acceptors (Lipinski definition) is 4. The first-order valence-electron chi connectivity index (χ1n) is 6.35. The molecule has 1 rings (SSSR count). The van der Waals surface area contributed by atoms with E-state index in [-0.39, 0.29) is 17.6 Å². The number of hydrogen-bond donors (Lipinski definition) is 1. The molecule has 2 N–H and O–H groups in total. The van der Waals surface area contributed by atoms with Gasteiger partial charge in [-0.05, 0) is 23.6 Å². The molecule has 1 aromatic rings. The molecule has 0 saturated carbocycles. The molecule has 2 atom stereocenters. The summed E-state index contributed by atoms with van der Waals surface area (Å²) >= 11 is 0. The molecular weight excluding hydrogens is 242 g/mol. The molecule has 0 spiro atoms. The van der Waals surface area contributed by atoms with Gasteiger partial charge in [0.25, 0.3) is 0 Å². The fourth-order valence-corrected chi connectivity index (χ4v) is 2.30. The van der Waals surface area contributed by atoms with E-state index in [9.17, 15) is 0 Å². The maximum Gasteiger partial charge on any atom is 0.123 e. The Bertz CT molecular complexity index is 412. The minimum absolute atomic E-state index is 0.0672. The van der Waals surface area contributed by atoms with Crippen molar-refractivity contribution >= 4 is 0 Å². The van der Waals surface area contributed by atoms with Crippen molar-refractivity contribution in [2.45, 2.75) is 32.9 Å². The molecule has 0 aliphatic rings. The number of benzene rings is 1. The van der Waals surface area contributed by atoms with E-state index in [0.29, 0.717) is 0 Å². The standard InChI is InChI=1S/C15H25NO3/c1-15(2,3)14(19-6)13(16)11-9-10(17-4)7-8-12(11)18-5/h7-9,13-14H,16H2,1-6H3. The van der Waals surface area contributed by atoms with E-state index in [0.717, 1.165) is 17.1 Å². The van der Waals surface area contributed by atoms with Crippen LogP contribution >= 0.6 is 0 Å². The van der Waals surface area contributed by atoms with Crippen LogP contribution in [0.15, 0.2) is 18.2 Å². The highest BCUT2D eigenvalue weighted by atomic mass is 16.5. The summed E-state index contributed by atoms with van der Waals surface area (Å²) < 4.78 is 16.2. The summed E-state index contributed by atoms with van der Waals surface area (Å²) in [4.78, 5) is 0. The fourth-order valence-electron chi connectivity index (χ4n) is 2.30. The van der Waals surface area contributed by atoms with Crippen molar-refractivity contribution in [3.8, 4) is 11.5 Å². The van der Waals surface area contributed by atoms with Gasteiger partial charge in [-0.1, -0.05) is 20.8 Å². The summed E-state index contributed by atoms with van der Waals surface area (Å²) in [5, 5.41) is 0. The zero-order chi connectivity index (χ0) is 14.6. The Morgan fingerprint density at radius 3 is 2.11 bits per heavy atom. The van der Waals surface area contributed by atoms with Crippen molar-refractivity contribution in [3.63, 3.8) is 0 Å². The molecule has 0 aliphatic heterocycles. The molecule has 4 heteroatoms. The molecule has 2 unspecified atom stereocenters. The third-order valence-electron chi connectivity index (χ3n) is 3.23. The lowest BCUT2D eigenvalue weighted by atomic mass is 9.82. The van der Waals surface area contributed by atoms with Crippen LogP contribution in [0, 0.1) is 5.41 Å². The maximum atomic E-state index is 6.38. The van der Waals surface area contributed by atoms with Crippen molar-refractivity contribution in [1.82, 2.24) is 0 Å². The third kappa shape index (κ3) is 3.61. The van der Waals surface area contributed by atoms with Gasteiger partial charge in [-0.3, -0.25) is 0 Å². The van der Waals surface area contributed by atoms with Crippen molar-refractivity contribution < 1.29 is 14.2 Å². The van der Waals surface area contributed by atoms with Gasteiger partial charge in [-0.2, -0.15) is 0 Å². The first-order chi connectivity index (χ1) is 8.85. The quantitative estimate of drug-likeness (QED) is 0.891. The van der Waals surface area contributed by atoms with E-state index >= 15 is 0 Å². The Labute approximate surface area is 115 Å². The van der Waals surface area contributed by atoms with Gasteiger partial charge in [0.2, 0.25) is 0 Å². The molecule has 0 amide bonds. The van der Waals surface area contributed by atoms with E-state index in [1.54, 1.807) is 21.3 Å². The lowest BCUT2D eigenvalue weighted by molar-refractivity contribution is -0.00291. The average Bonchev–Trinajstić information content (AvgIpc) is 2.36. The number of nitrogens with two attached hydrogens (primary N) is 1. The molecular formula is C15H25NO3. The molecule has 1 aromatic carbocycles. The van der Waals surface area contributed by atoms with Crippen LogP contribution in [0.5, 0.6) is 11.5 Å². The largest absolute Gasteiger partial charge is 0.497 e. The van der Waals surface area contributed by atoms with Gasteiger partial charge in [0.05, 0.1) is 26.4 Å². The predicted octanol–water partition coefficient (Wildman–Crippen LogP) is 2.76. The van der Waals surface area contributed by atoms with Crippen molar-refractivity contribution in [2.24, 2.45) is 11.1 Å². The van der Waals surface area contributed by atoms with Gasteiger partial charge in [0, 0.05) is 12.7 Å². The van der Waals surface area contributed by atoms with Crippen LogP contribution in [0.1, 0.15) is 32.4 Å². The van der Waals surface area contributed by atoms with Gasteiger partial charge in [0.15, 0.2) is 0 Å². The van der Waals surface area contributed by atoms with Crippen LogP contribution in [-0.2, 0) is 4.74 Å². The summed E-state index contributed by atoms with van der Waals surface area (Å²) in [6, 6.07) is 5.34. The highest BCUT2D eigenvalue weighted by molar-refractivity contribution is 5.42. The van der Waals surface area contributed by atoms with Gasteiger partial charge in [-0.15, -0.1) is 0 Å². The molecule has 0 radical (unpaired) electrons. The fraction of sp³-hybridized carbons (Fsp3) is 0.600. The number of rotatable bonds is 5. The third-order valence-corrected chi connectivity index (χ3v) is 3.23. The Kier molecular flexibility index (Phi) is 5.20. The van der Waals surface area contributed by atoms with Crippen molar-refractivity contribution in [2.75, 3.05) is 21.3 Å². The normalized spacial score (nSPS) is 14.9. The lowest BCUT2D eigenvalue weighted by Crippen LogP contribution is -2.38. The van der Waals surface area contributed by atoms with E-state index in [2.05, 4.69) is 20.8 Å². The van der Waals surface area contributed by atoms with E-state index in [4.69, 9.17) is 19.9 Å². The van der Waals surface area contributed by atoms with Crippen molar-refractivity contribution in [3.05, 3.63) is 23.8 Å². The lowest BCUT2D eigenvalue weighted by Gasteiger charge is -2.34. The van der Waals surface area contributed by atoms with E-state index < -0.39 is 0 Å². The Hall–Kier alpha value is -1.26. The van der Waals surface area contributed by atoms with E-state index in [1.807, 2.05) is 18.2 Å². The van der Waals surface area contributed by atoms with Crippen molar-refractivity contribution in [1.29, 1.82) is 0 Å². The SMILES string of the molecule is COc1ccc(OC)c(C(N)C(OC)C(C)(C)C)c1. The molecule has 108 valence electrons. The first-order valence-corrected chi connectivity index (χ1v) is 6.35. The van der Waals surface area contributed by atoms with Crippen LogP contribution in [-0.4, -0.2) is 27.4 Å². The van der Waals surface area contributed by atoms with Gasteiger partial charge < -0.3 is 19.9 Å². The number of methoxy groups -OCH3 is 3. The zero-order valence-electron chi connectivity index (χ0n) is 12.7. The topological polar surface area (TPSA) is 53.7 Å². The molecule has 0 fully saturated rings. The molecule has 0 saturated heterocycles. The number of ether oxygens (including phenoxy) is 3. The van der Waals surface area contributed by atoms with Crippen LogP contribution in [0.3, 0.4) is 0 Å². The van der Waals surface area contributed by atoms with Crippen LogP contribution < -0.4 is 15.2 Å². The zero-order valence-corrected chi connectivity index (χ0v) is 12.7. The minimum atomic E-state index is -0.282. The summed E-state index contributed by atoms with van der Waals surface area (Å²) in [5.41, 5.74) is 7.20. The molecule has 0 aromatic heterocycles. The van der Waals surface area contributed by atoms with Gasteiger partial charge in [-0.25, -0.2) is 0 Å². The highest BCUT2D eigenvalue weighted by Gasteiger charge is 2.32. The summed E-state index contributed by atoms with van der Waals surface area (Å²) in [6.07, 6.45) is -0.117. The summed E-state index contributed by atoms with van der Waals surface area (Å²) in [6.45, 7) is 6.31. The van der Waals surface area contributed by atoms with Crippen LogP contribution in [0.4, 0.5) is 0 Å². The van der Waals surface area contributed by atoms with Crippen LogP contribution in [0.25, 0.3) is 0 Å². The predicted molar refractivity (Wildman–Crippen MR) is 76.7 cm³/mol. The average molecular weight is 267 g/mol. The highest BCUT2D eigenvalue weighted by Crippen LogP contribution is 2.36. The summed E-state index contributed by atoms with van der Waals surface area (Å²) in [7, 11) is 4.95. The monoisotopic (exact) mass is 267 g/mol. The minimum Gasteiger partial charge on any atom is -0.497 e. The molecule has 0 aliphatic carbocycles. The molecule has 0 heterocycles. The maximum absolute atomic E-state index is 6.38. The Morgan fingerprint density at radius 1 is 1.05 bits per heavy atom. The Balaban J connectivity index is 3.19. The van der Waals surface area contributed by atoms with Gasteiger partial charge in [0.1, 0.15) is 11.5 Å². The molecule has 0 bridgehead atoms. The Morgan fingerprint density at radius 2 is 1.68 bits per heavy atom. The smallest absolute Gasteiger partial charge is 0.123 e. The second-order valence-corrected chi connectivity index (χ2v) is 5.66. The first kappa shape index (κ1) is 15.8.